The largest absolute Gasteiger partial charge is 2.00 e. The van der Waals surface area contributed by atoms with Crippen molar-refractivity contribution in [1.29, 1.82) is 0 Å². The Kier molecular flexibility index (Phi) is 13.8. The fourth-order valence-electron chi connectivity index (χ4n) is 1.02. The van der Waals surface area contributed by atoms with Crippen LogP contribution in [0.5, 0.6) is 0 Å². The summed E-state index contributed by atoms with van der Waals surface area (Å²) < 4.78 is 19.7. The molecule has 0 saturated carbocycles. The third-order valence-electron chi connectivity index (χ3n) is 1.88. The third-order valence-corrected chi connectivity index (χ3v) is 2.65. The Balaban J connectivity index is -0.000000427. The molecule has 104 valence electrons. The van der Waals surface area contributed by atoms with E-state index in [-0.39, 0.29) is 32.5 Å². The molecular formula is C10H21MgO6P. The summed E-state index contributed by atoms with van der Waals surface area (Å²) in [7, 11) is -4.31. The summed E-state index contributed by atoms with van der Waals surface area (Å²) in [6.07, 6.45) is 5.69. The van der Waals surface area contributed by atoms with Crippen molar-refractivity contribution in [3.63, 3.8) is 0 Å². The molecule has 0 aromatic rings. The average molecular weight is 293 g/mol. The molecule has 0 radical (unpaired) electrons. The molecule has 0 bridgehead atoms. The predicted octanol–water partition coefficient (Wildman–Crippen LogP) is 2.58. The van der Waals surface area contributed by atoms with Crippen molar-refractivity contribution in [1.82, 2.24) is 0 Å². The van der Waals surface area contributed by atoms with Gasteiger partial charge in [0.2, 0.25) is 0 Å². The minimum Gasteiger partial charge on any atom is -1.00 e. The Hall–Kier alpha value is 0.0862. The minimum atomic E-state index is -4.31. The number of phosphoric acid groups is 1. The van der Waals surface area contributed by atoms with Gasteiger partial charge in [-0.2, -0.15) is 0 Å². The van der Waals surface area contributed by atoms with E-state index in [0.29, 0.717) is 6.42 Å². The van der Waals surface area contributed by atoms with Crippen molar-refractivity contribution >= 4 is 36.8 Å². The zero-order valence-electron chi connectivity index (χ0n) is 12.7. The maximum Gasteiger partial charge on any atom is 2.00 e. The Labute approximate surface area is 126 Å². The summed E-state index contributed by atoms with van der Waals surface area (Å²) in [5.41, 5.74) is 0. The minimum absolute atomic E-state index is 0. The Morgan fingerprint density at radius 3 is 2.56 bits per heavy atom. The van der Waals surface area contributed by atoms with Gasteiger partial charge in [0.1, 0.15) is 0 Å². The van der Waals surface area contributed by atoms with E-state index in [1.54, 1.807) is 0 Å². The average Bonchev–Trinajstić information content (AvgIpc) is 2.30. The first-order valence-electron chi connectivity index (χ1n) is 5.52. The van der Waals surface area contributed by atoms with Gasteiger partial charge < -0.3 is 7.75 Å². The predicted molar refractivity (Wildman–Crippen MR) is 69.9 cm³/mol. The fraction of sp³-hybridized carbons (Fsp3) is 0.700. The van der Waals surface area contributed by atoms with Crippen LogP contribution in [0.25, 0.3) is 0 Å². The van der Waals surface area contributed by atoms with Gasteiger partial charge in [0, 0.05) is 6.08 Å². The summed E-state index contributed by atoms with van der Waals surface area (Å²) in [6, 6.07) is 0. The quantitative estimate of drug-likeness (QED) is 0.166. The topological polar surface area (TPSA) is 82.1 Å². The monoisotopic (exact) mass is 292 g/mol. The van der Waals surface area contributed by atoms with E-state index in [1.165, 1.54) is 0 Å². The van der Waals surface area contributed by atoms with Crippen LogP contribution in [0.1, 0.15) is 41.9 Å². The number of phosphoric ester groups is 1. The number of hydrogen-bond donors (Lipinski definition) is 1. The van der Waals surface area contributed by atoms with Crippen LogP contribution in [0.4, 0.5) is 0 Å². The van der Waals surface area contributed by atoms with Gasteiger partial charge in [-0.3, -0.25) is 9.41 Å². The van der Waals surface area contributed by atoms with Gasteiger partial charge in [0.15, 0.2) is 0 Å². The summed E-state index contributed by atoms with van der Waals surface area (Å²) in [4.78, 5) is 23.6. The number of rotatable bonds is 10. The normalized spacial score (nSPS) is 13.2. The van der Waals surface area contributed by atoms with Crippen LogP contribution in [0.15, 0.2) is 12.7 Å². The molecule has 0 amide bonds. The van der Waals surface area contributed by atoms with E-state index >= 15 is 0 Å². The Bertz CT molecular complexity index is 293. The van der Waals surface area contributed by atoms with E-state index in [2.05, 4.69) is 27.6 Å². The first-order chi connectivity index (χ1) is 8.02. The SMILES string of the molecule is C=CC(=O)OOP(=O)(O)OCCCCCCC.[H-].[H-].[Mg+2]. The molecule has 0 aliphatic rings. The van der Waals surface area contributed by atoms with Gasteiger partial charge in [0.05, 0.1) is 6.61 Å². The van der Waals surface area contributed by atoms with Gasteiger partial charge in [-0.25, -0.2) is 9.36 Å². The number of unbranched alkanes of at least 4 members (excludes halogenated alkanes) is 4. The maximum absolute atomic E-state index is 11.1. The van der Waals surface area contributed by atoms with Crippen molar-refractivity contribution in [3.8, 4) is 0 Å². The van der Waals surface area contributed by atoms with Crippen LogP contribution in [-0.4, -0.2) is 40.5 Å². The summed E-state index contributed by atoms with van der Waals surface area (Å²) >= 11 is 0. The second-order valence-corrected chi connectivity index (χ2v) is 4.74. The van der Waals surface area contributed by atoms with Crippen molar-refractivity contribution in [2.24, 2.45) is 0 Å². The van der Waals surface area contributed by atoms with Crippen LogP contribution >= 0.6 is 7.82 Å². The smallest absolute Gasteiger partial charge is 1.00 e. The molecule has 0 heterocycles. The molecule has 0 aliphatic carbocycles. The van der Waals surface area contributed by atoms with E-state index in [9.17, 15) is 9.36 Å². The number of hydrogen-bond acceptors (Lipinski definition) is 5. The number of carbonyl (C=O) groups is 1. The van der Waals surface area contributed by atoms with Crippen LogP contribution in [0.3, 0.4) is 0 Å². The zero-order chi connectivity index (χ0) is 13.1. The van der Waals surface area contributed by atoms with Gasteiger partial charge in [-0.15, -0.1) is 0 Å². The molecule has 0 aliphatic heterocycles. The first-order valence-corrected chi connectivity index (χ1v) is 7.01. The van der Waals surface area contributed by atoms with Crippen LogP contribution in [0.2, 0.25) is 0 Å². The molecule has 0 fully saturated rings. The van der Waals surface area contributed by atoms with E-state index in [4.69, 9.17) is 4.89 Å². The Morgan fingerprint density at radius 1 is 1.39 bits per heavy atom. The fourth-order valence-corrected chi connectivity index (χ4v) is 1.60. The van der Waals surface area contributed by atoms with Crippen LogP contribution in [0, 0.1) is 0 Å². The van der Waals surface area contributed by atoms with E-state index < -0.39 is 13.8 Å². The van der Waals surface area contributed by atoms with Crippen molar-refractivity contribution in [2.75, 3.05) is 6.61 Å². The molecule has 8 heteroatoms. The third kappa shape index (κ3) is 12.5. The molecule has 0 aromatic heterocycles. The molecule has 0 aromatic carbocycles. The van der Waals surface area contributed by atoms with Gasteiger partial charge in [-0.05, 0) is 6.42 Å². The van der Waals surface area contributed by atoms with Gasteiger partial charge >= 0.3 is 36.8 Å². The number of carbonyl (C=O) groups excluding carboxylic acids is 1. The second kappa shape index (κ2) is 12.1. The second-order valence-electron chi connectivity index (χ2n) is 3.40. The molecule has 1 atom stereocenters. The van der Waals surface area contributed by atoms with Crippen molar-refractivity contribution in [2.45, 2.75) is 39.0 Å². The van der Waals surface area contributed by atoms with Crippen LogP contribution < -0.4 is 0 Å². The summed E-state index contributed by atoms with van der Waals surface area (Å²) in [6.45, 7) is 5.28. The molecule has 1 unspecified atom stereocenters. The molecular weight excluding hydrogens is 271 g/mol. The van der Waals surface area contributed by atoms with Crippen molar-refractivity contribution in [3.05, 3.63) is 12.7 Å². The van der Waals surface area contributed by atoms with Gasteiger partial charge in [-0.1, -0.05) is 43.9 Å². The van der Waals surface area contributed by atoms with Gasteiger partial charge in [0.25, 0.3) is 0 Å². The first kappa shape index (κ1) is 20.4. The molecule has 1 N–H and O–H groups in total. The maximum atomic E-state index is 11.1. The van der Waals surface area contributed by atoms with E-state index in [1.807, 2.05) is 0 Å². The summed E-state index contributed by atoms with van der Waals surface area (Å²) in [5, 5.41) is 0. The molecule has 0 spiro atoms. The molecule has 6 nitrogen and oxygen atoms in total. The van der Waals surface area contributed by atoms with E-state index in [0.717, 1.165) is 31.8 Å². The van der Waals surface area contributed by atoms with Crippen LogP contribution in [-0.2, 0) is 23.4 Å². The summed E-state index contributed by atoms with van der Waals surface area (Å²) in [5.74, 6) is -0.953. The molecule has 0 saturated heterocycles. The standard InChI is InChI=1S/C10H19O6P.Mg.2H/c1-3-5-6-7-8-9-14-17(12,13)16-15-10(11)4-2;;;/h4H,2-3,5-9H2,1H3,(H,12,13);;;/q;+2;2*-1. The zero-order valence-corrected chi connectivity index (χ0v) is 13.0. The van der Waals surface area contributed by atoms with Crippen molar-refractivity contribution < 1.29 is 31.2 Å². The molecule has 0 rings (SSSR count). The Morgan fingerprint density at radius 2 is 2.00 bits per heavy atom. The molecule has 18 heavy (non-hydrogen) atoms.